The van der Waals surface area contributed by atoms with Crippen molar-refractivity contribution in [2.45, 2.75) is 19.4 Å². The molecule has 30 heavy (non-hydrogen) atoms. The standard InChI is InChI=1S/C23H25ClN4O2/c1-16-23(22(30)28(25-16)19-8-6-18(24)7-9-19)14-17-4-2-3-5-20(17)27-11-10-26(12-13-29)15-21(23)27/h2-9,21,29H,10-15H2,1H3/t21-,23+/m0/s1. The van der Waals surface area contributed by atoms with Gasteiger partial charge in [-0.25, -0.2) is 0 Å². The third-order valence-electron chi connectivity index (χ3n) is 6.76. The van der Waals surface area contributed by atoms with Gasteiger partial charge in [0.15, 0.2) is 0 Å². The van der Waals surface area contributed by atoms with Crippen LogP contribution in [-0.2, 0) is 11.2 Å². The van der Waals surface area contributed by atoms with Gasteiger partial charge in [-0.15, -0.1) is 0 Å². The zero-order chi connectivity index (χ0) is 20.9. The number of nitrogens with zero attached hydrogens (tertiary/aromatic N) is 4. The zero-order valence-electron chi connectivity index (χ0n) is 17.0. The lowest BCUT2D eigenvalue weighted by Gasteiger charge is -2.53. The van der Waals surface area contributed by atoms with Crippen LogP contribution in [-0.4, -0.2) is 60.5 Å². The first-order valence-corrected chi connectivity index (χ1v) is 10.8. The van der Waals surface area contributed by atoms with E-state index in [4.69, 9.17) is 16.7 Å². The molecule has 1 saturated heterocycles. The minimum Gasteiger partial charge on any atom is -0.395 e. The third kappa shape index (κ3) is 2.86. The van der Waals surface area contributed by atoms with E-state index in [1.54, 1.807) is 17.1 Å². The molecule has 0 aliphatic carbocycles. The molecular weight excluding hydrogens is 400 g/mol. The van der Waals surface area contributed by atoms with Gasteiger partial charge in [0.05, 0.1) is 24.0 Å². The number of fused-ring (bicyclic) bond motifs is 4. The van der Waals surface area contributed by atoms with E-state index in [0.29, 0.717) is 18.0 Å². The summed E-state index contributed by atoms with van der Waals surface area (Å²) >= 11 is 6.05. The molecule has 0 unspecified atom stereocenters. The summed E-state index contributed by atoms with van der Waals surface area (Å²) < 4.78 is 0. The lowest BCUT2D eigenvalue weighted by Crippen LogP contribution is -2.67. The van der Waals surface area contributed by atoms with E-state index in [-0.39, 0.29) is 18.6 Å². The van der Waals surface area contributed by atoms with E-state index >= 15 is 0 Å². The van der Waals surface area contributed by atoms with Gasteiger partial charge in [-0.05, 0) is 49.2 Å². The van der Waals surface area contributed by atoms with Crippen molar-refractivity contribution in [2.75, 3.05) is 42.7 Å². The molecule has 1 amide bonds. The molecule has 3 heterocycles. The third-order valence-corrected chi connectivity index (χ3v) is 7.01. The molecule has 0 bridgehead atoms. The van der Waals surface area contributed by atoms with Crippen LogP contribution < -0.4 is 9.91 Å². The number of carbonyl (C=O) groups is 1. The van der Waals surface area contributed by atoms with E-state index in [2.05, 4.69) is 28.0 Å². The summed E-state index contributed by atoms with van der Waals surface area (Å²) in [6.45, 7) is 5.13. The summed E-state index contributed by atoms with van der Waals surface area (Å²) in [7, 11) is 0. The van der Waals surface area contributed by atoms with Gasteiger partial charge in [0.1, 0.15) is 5.41 Å². The molecule has 0 radical (unpaired) electrons. The number of halogens is 1. The monoisotopic (exact) mass is 424 g/mol. The number of piperazine rings is 1. The second kappa shape index (κ2) is 7.38. The fourth-order valence-electron chi connectivity index (χ4n) is 5.23. The van der Waals surface area contributed by atoms with Crippen LogP contribution in [0.2, 0.25) is 5.02 Å². The summed E-state index contributed by atoms with van der Waals surface area (Å²) in [6, 6.07) is 15.6. The lowest BCUT2D eigenvalue weighted by atomic mass is 9.67. The number of hydrogen-bond acceptors (Lipinski definition) is 5. The van der Waals surface area contributed by atoms with Gasteiger partial charge in [-0.1, -0.05) is 29.8 Å². The number of hydrazone groups is 1. The minimum atomic E-state index is -0.720. The van der Waals surface area contributed by atoms with Gasteiger partial charge in [0.25, 0.3) is 5.91 Å². The molecule has 3 aliphatic rings. The van der Waals surface area contributed by atoms with Crippen LogP contribution >= 0.6 is 11.6 Å². The molecule has 0 saturated carbocycles. The Kier molecular flexibility index (Phi) is 4.81. The van der Waals surface area contributed by atoms with E-state index < -0.39 is 5.41 Å². The average molecular weight is 425 g/mol. The van der Waals surface area contributed by atoms with Crippen molar-refractivity contribution in [1.82, 2.24) is 4.90 Å². The fraction of sp³-hybridized carbons (Fsp3) is 0.391. The molecule has 2 aromatic rings. The number of benzene rings is 2. The second-order valence-corrected chi connectivity index (χ2v) is 8.73. The summed E-state index contributed by atoms with van der Waals surface area (Å²) in [4.78, 5) is 18.6. The molecule has 2 aromatic carbocycles. The first-order valence-electron chi connectivity index (χ1n) is 10.4. The Morgan fingerprint density at radius 3 is 2.70 bits per heavy atom. The highest BCUT2D eigenvalue weighted by Crippen LogP contribution is 2.48. The molecule has 3 aliphatic heterocycles. The Balaban J connectivity index is 1.59. The molecule has 2 atom stereocenters. The van der Waals surface area contributed by atoms with Crippen LogP contribution in [0.5, 0.6) is 0 Å². The Labute approximate surface area is 181 Å². The highest BCUT2D eigenvalue weighted by Gasteiger charge is 2.59. The molecule has 1 N–H and O–H groups in total. The number of hydrogen-bond donors (Lipinski definition) is 1. The van der Waals surface area contributed by atoms with Crippen LogP contribution in [0.4, 0.5) is 11.4 Å². The number of para-hydroxylation sites is 1. The van der Waals surface area contributed by atoms with Crippen LogP contribution in [0, 0.1) is 5.41 Å². The van der Waals surface area contributed by atoms with E-state index in [1.807, 2.05) is 25.1 Å². The fourth-order valence-corrected chi connectivity index (χ4v) is 5.35. The number of β-amino-alcohol motifs (C(OH)–C–C–N with tert-alkyl or cyclic N) is 1. The molecule has 0 aromatic heterocycles. The van der Waals surface area contributed by atoms with Crippen LogP contribution in [0.3, 0.4) is 0 Å². The predicted octanol–water partition coefficient (Wildman–Crippen LogP) is 2.79. The van der Waals surface area contributed by atoms with Crippen molar-refractivity contribution >= 4 is 34.6 Å². The van der Waals surface area contributed by atoms with Gasteiger partial charge in [-0.3, -0.25) is 9.69 Å². The van der Waals surface area contributed by atoms with Gasteiger partial charge in [0.2, 0.25) is 0 Å². The molecule has 156 valence electrons. The molecule has 7 heteroatoms. The van der Waals surface area contributed by atoms with Crippen LogP contribution in [0.15, 0.2) is 53.6 Å². The van der Waals surface area contributed by atoms with E-state index in [9.17, 15) is 9.90 Å². The van der Waals surface area contributed by atoms with Gasteiger partial charge in [-0.2, -0.15) is 10.1 Å². The molecule has 6 nitrogen and oxygen atoms in total. The highest BCUT2D eigenvalue weighted by molar-refractivity contribution is 6.30. The minimum absolute atomic E-state index is 0.0117. The highest BCUT2D eigenvalue weighted by atomic mass is 35.5. The largest absolute Gasteiger partial charge is 0.395 e. The van der Waals surface area contributed by atoms with E-state index in [1.165, 1.54) is 11.3 Å². The number of aliphatic hydroxyl groups excluding tert-OH is 1. The maximum absolute atomic E-state index is 14.0. The maximum atomic E-state index is 14.0. The zero-order valence-corrected chi connectivity index (χ0v) is 17.7. The number of aliphatic hydroxyl groups is 1. The maximum Gasteiger partial charge on any atom is 0.261 e. The summed E-state index contributed by atoms with van der Waals surface area (Å²) in [5.74, 6) is 0.0117. The van der Waals surface area contributed by atoms with E-state index in [0.717, 1.165) is 31.0 Å². The SMILES string of the molecule is CC1=NN(c2ccc(Cl)cc2)C(=O)[C@]12Cc1ccccc1N1CCN(CCO)C[C@H]12. The van der Waals surface area contributed by atoms with Crippen molar-refractivity contribution < 1.29 is 9.90 Å². The van der Waals surface area contributed by atoms with Crippen molar-refractivity contribution in [3.63, 3.8) is 0 Å². The molecule has 5 rings (SSSR count). The number of amides is 1. The van der Waals surface area contributed by atoms with Crippen LogP contribution in [0.25, 0.3) is 0 Å². The normalized spacial score (nSPS) is 26.0. The number of rotatable bonds is 3. The summed E-state index contributed by atoms with van der Waals surface area (Å²) in [5.41, 5.74) is 3.25. The smallest absolute Gasteiger partial charge is 0.261 e. The Bertz CT molecular complexity index is 1010. The first-order chi connectivity index (χ1) is 14.5. The number of carbonyl (C=O) groups excluding carboxylic acids is 1. The van der Waals surface area contributed by atoms with Crippen molar-refractivity contribution in [2.24, 2.45) is 10.5 Å². The Hall–Kier alpha value is -2.41. The van der Waals surface area contributed by atoms with Crippen molar-refractivity contribution in [1.29, 1.82) is 0 Å². The quantitative estimate of drug-likeness (QED) is 0.823. The first kappa shape index (κ1) is 19.5. The van der Waals surface area contributed by atoms with Crippen molar-refractivity contribution in [3.05, 3.63) is 59.1 Å². The summed E-state index contributed by atoms with van der Waals surface area (Å²) in [6.07, 6.45) is 0.634. The average Bonchev–Trinajstić information content (AvgIpc) is 3.00. The molecular formula is C23H25ClN4O2. The van der Waals surface area contributed by atoms with Crippen molar-refractivity contribution in [3.8, 4) is 0 Å². The number of anilines is 2. The second-order valence-electron chi connectivity index (χ2n) is 8.29. The van der Waals surface area contributed by atoms with Gasteiger partial charge < -0.3 is 10.0 Å². The lowest BCUT2D eigenvalue weighted by molar-refractivity contribution is -0.125. The summed E-state index contributed by atoms with van der Waals surface area (Å²) in [5, 5.41) is 16.4. The Morgan fingerprint density at radius 1 is 1.17 bits per heavy atom. The molecule has 1 fully saturated rings. The predicted molar refractivity (Wildman–Crippen MR) is 119 cm³/mol. The van der Waals surface area contributed by atoms with Gasteiger partial charge >= 0.3 is 0 Å². The topological polar surface area (TPSA) is 59.4 Å². The van der Waals surface area contributed by atoms with Crippen LogP contribution in [0.1, 0.15) is 12.5 Å². The van der Waals surface area contributed by atoms with Gasteiger partial charge in [0, 0.05) is 36.9 Å². The Morgan fingerprint density at radius 2 is 1.93 bits per heavy atom. The molecule has 1 spiro atoms.